The van der Waals surface area contributed by atoms with Gasteiger partial charge in [-0.2, -0.15) is 18.4 Å². The van der Waals surface area contributed by atoms with Crippen molar-refractivity contribution in [3.8, 4) is 6.07 Å². The predicted octanol–water partition coefficient (Wildman–Crippen LogP) is 5.72. The zero-order chi connectivity index (χ0) is 27.3. The van der Waals surface area contributed by atoms with Gasteiger partial charge in [0.1, 0.15) is 0 Å². The lowest BCUT2D eigenvalue weighted by Gasteiger charge is -2.46. The maximum atomic E-state index is 14.4. The number of amides is 1. The molecule has 3 rings (SSSR count). The molecule has 10 heteroatoms. The van der Waals surface area contributed by atoms with Crippen LogP contribution in [0.1, 0.15) is 43.2 Å². The van der Waals surface area contributed by atoms with Crippen molar-refractivity contribution in [2.45, 2.75) is 43.9 Å². The monoisotopic (exact) mass is 580 g/mol. The van der Waals surface area contributed by atoms with E-state index in [0.29, 0.717) is 10.0 Å². The van der Waals surface area contributed by atoms with Gasteiger partial charge in [-0.25, -0.2) is 0 Å². The minimum Gasteiger partial charge on any atom is -0.466 e. The fraction of sp³-hybridized carbons (Fsp3) is 0.444. The molecule has 0 bridgehead atoms. The quantitative estimate of drug-likeness (QED) is 0.373. The number of carbonyl (C=O) groups excluding carboxylic acids is 2. The molecular weight excluding hydrogens is 553 g/mol. The zero-order valence-corrected chi connectivity index (χ0v) is 22.1. The van der Waals surface area contributed by atoms with E-state index in [9.17, 15) is 28.0 Å². The molecule has 1 saturated heterocycles. The van der Waals surface area contributed by atoms with Crippen molar-refractivity contribution in [1.82, 2.24) is 4.90 Å². The van der Waals surface area contributed by atoms with Crippen LogP contribution in [0.5, 0.6) is 0 Å². The minimum atomic E-state index is -5.02. The summed E-state index contributed by atoms with van der Waals surface area (Å²) in [7, 11) is 0.867. The van der Waals surface area contributed by atoms with Crippen molar-refractivity contribution in [2.75, 3.05) is 26.8 Å². The summed E-state index contributed by atoms with van der Waals surface area (Å²) >= 11 is 3.47. The number of hydrogen-bond acceptors (Lipinski definition) is 5. The summed E-state index contributed by atoms with van der Waals surface area (Å²) in [5.41, 5.74) is -3.77. The summed E-state index contributed by atoms with van der Waals surface area (Å²) in [6.45, 7) is 1.65. The molecule has 2 aromatic rings. The van der Waals surface area contributed by atoms with Gasteiger partial charge in [-0.3, -0.25) is 9.59 Å². The molecule has 1 amide bonds. The van der Waals surface area contributed by atoms with Crippen LogP contribution in [-0.4, -0.2) is 49.8 Å². The maximum Gasteiger partial charge on any atom is 0.430 e. The molecule has 0 aliphatic carbocycles. The van der Waals surface area contributed by atoms with Gasteiger partial charge in [-0.15, -0.1) is 0 Å². The Bertz CT molecular complexity index is 1140. The number of benzene rings is 2. The zero-order valence-electron chi connectivity index (χ0n) is 20.6. The lowest BCUT2D eigenvalue weighted by Crippen LogP contribution is -2.59. The lowest BCUT2D eigenvalue weighted by atomic mass is 9.64. The maximum absolute atomic E-state index is 14.4. The molecule has 0 spiro atoms. The van der Waals surface area contributed by atoms with Crippen molar-refractivity contribution in [3.63, 3.8) is 0 Å². The van der Waals surface area contributed by atoms with E-state index in [1.54, 1.807) is 37.3 Å². The van der Waals surface area contributed by atoms with Gasteiger partial charge in [-0.05, 0) is 31.4 Å². The van der Waals surface area contributed by atoms with Gasteiger partial charge >= 0.3 is 12.1 Å². The Kier molecular flexibility index (Phi) is 9.03. The van der Waals surface area contributed by atoms with Crippen LogP contribution in [0.25, 0.3) is 0 Å². The predicted molar refractivity (Wildman–Crippen MR) is 133 cm³/mol. The molecule has 1 unspecified atom stereocenters. The second-order valence-electron chi connectivity index (χ2n) is 8.97. The Morgan fingerprint density at radius 3 is 2.22 bits per heavy atom. The van der Waals surface area contributed by atoms with Crippen LogP contribution in [-0.2, 0) is 24.7 Å². The number of ether oxygens (including phenoxy) is 2. The standard InChI is InChI=1S/C27H28BrF3N2O4/c1-3-37-23(34)17-25(21(18-32)20-11-7-8-12-22(20)28)13-15-33(16-14-25)24(35)26(36-2,27(29,30)31)19-9-5-4-6-10-19/h4-12,21H,3,13-17H2,1-2H3/t21?,26-/m1/s1. The first-order valence-electron chi connectivity index (χ1n) is 11.8. The molecule has 1 aliphatic heterocycles. The van der Waals surface area contributed by atoms with Crippen molar-refractivity contribution in [3.05, 3.63) is 70.2 Å². The van der Waals surface area contributed by atoms with Crippen LogP contribution in [0.4, 0.5) is 13.2 Å². The molecule has 1 fully saturated rings. The molecule has 1 heterocycles. The van der Waals surface area contributed by atoms with Gasteiger partial charge in [-0.1, -0.05) is 64.5 Å². The number of hydrogen-bond donors (Lipinski definition) is 0. The van der Waals surface area contributed by atoms with Crippen LogP contribution < -0.4 is 0 Å². The van der Waals surface area contributed by atoms with E-state index in [4.69, 9.17) is 9.47 Å². The molecule has 0 radical (unpaired) electrons. The highest BCUT2D eigenvalue weighted by molar-refractivity contribution is 9.10. The lowest BCUT2D eigenvalue weighted by molar-refractivity contribution is -0.271. The second-order valence-corrected chi connectivity index (χ2v) is 9.82. The fourth-order valence-corrected chi connectivity index (χ4v) is 5.61. The molecule has 198 valence electrons. The summed E-state index contributed by atoms with van der Waals surface area (Å²) in [4.78, 5) is 27.2. The molecule has 2 atom stereocenters. The van der Waals surface area contributed by atoms with Gasteiger partial charge in [0, 0.05) is 35.7 Å². The average Bonchev–Trinajstić information content (AvgIpc) is 2.86. The number of rotatable bonds is 8. The number of nitriles is 1. The smallest absolute Gasteiger partial charge is 0.430 e. The molecular formula is C27H28BrF3N2O4. The molecule has 37 heavy (non-hydrogen) atoms. The Morgan fingerprint density at radius 2 is 1.70 bits per heavy atom. The highest BCUT2D eigenvalue weighted by Gasteiger charge is 2.64. The van der Waals surface area contributed by atoms with Gasteiger partial charge in [0.05, 0.1) is 25.0 Å². The van der Waals surface area contributed by atoms with Crippen LogP contribution in [0.15, 0.2) is 59.1 Å². The van der Waals surface area contributed by atoms with Crippen molar-refractivity contribution < 1.29 is 32.2 Å². The third kappa shape index (κ3) is 5.53. The Hall–Kier alpha value is -2.90. The van der Waals surface area contributed by atoms with Crippen LogP contribution >= 0.6 is 15.9 Å². The topological polar surface area (TPSA) is 79.6 Å². The van der Waals surface area contributed by atoms with Gasteiger partial charge in [0.2, 0.25) is 0 Å². The number of piperidine rings is 1. The van der Waals surface area contributed by atoms with Crippen molar-refractivity contribution in [2.24, 2.45) is 5.41 Å². The van der Waals surface area contributed by atoms with Crippen LogP contribution in [0, 0.1) is 16.7 Å². The van der Waals surface area contributed by atoms with Gasteiger partial charge in [0.15, 0.2) is 0 Å². The van der Waals surface area contributed by atoms with Crippen molar-refractivity contribution in [1.29, 1.82) is 5.26 Å². The average molecular weight is 581 g/mol. The Morgan fingerprint density at radius 1 is 1.11 bits per heavy atom. The molecule has 0 saturated carbocycles. The van der Waals surface area contributed by atoms with Gasteiger partial charge in [0.25, 0.3) is 11.5 Å². The normalized spacial score (nSPS) is 17.8. The summed E-state index contributed by atoms with van der Waals surface area (Å²) in [5.74, 6) is -2.48. The Balaban J connectivity index is 1.98. The van der Waals surface area contributed by atoms with E-state index in [1.807, 2.05) is 0 Å². The molecule has 0 aromatic heterocycles. The molecule has 0 N–H and O–H groups in total. The SMILES string of the molecule is CCOC(=O)CC1(C(C#N)c2ccccc2Br)CCN(C(=O)[C@](OC)(c2ccccc2)C(F)(F)F)CC1. The van der Waals surface area contributed by atoms with Crippen LogP contribution in [0.3, 0.4) is 0 Å². The van der Waals surface area contributed by atoms with E-state index in [2.05, 4.69) is 22.0 Å². The molecule has 6 nitrogen and oxygen atoms in total. The van der Waals surface area contributed by atoms with E-state index in [-0.39, 0.29) is 44.5 Å². The third-order valence-corrected chi connectivity index (χ3v) is 7.71. The highest BCUT2D eigenvalue weighted by atomic mass is 79.9. The van der Waals surface area contributed by atoms with Gasteiger partial charge < -0.3 is 14.4 Å². The van der Waals surface area contributed by atoms with E-state index >= 15 is 0 Å². The molecule has 2 aromatic carbocycles. The number of halogens is 4. The number of likely N-dealkylation sites (tertiary alicyclic amines) is 1. The molecule has 1 aliphatic rings. The highest BCUT2D eigenvalue weighted by Crippen LogP contribution is 2.50. The van der Waals surface area contributed by atoms with E-state index in [1.165, 1.54) is 24.3 Å². The number of methoxy groups -OCH3 is 1. The summed E-state index contributed by atoms with van der Waals surface area (Å²) in [6.07, 6.45) is -4.87. The number of alkyl halides is 3. The van der Waals surface area contributed by atoms with Crippen LogP contribution in [0.2, 0.25) is 0 Å². The number of esters is 1. The fourth-order valence-electron chi connectivity index (χ4n) is 5.09. The number of carbonyl (C=O) groups is 2. The second kappa shape index (κ2) is 11.7. The van der Waals surface area contributed by atoms with E-state index < -0.39 is 35.0 Å². The minimum absolute atomic E-state index is 0.0884. The van der Waals surface area contributed by atoms with E-state index in [0.717, 1.165) is 12.0 Å². The first kappa shape index (κ1) is 28.7. The third-order valence-electron chi connectivity index (χ3n) is 6.99. The summed E-state index contributed by atoms with van der Waals surface area (Å²) in [6, 6.07) is 16.2. The summed E-state index contributed by atoms with van der Waals surface area (Å²) < 4.78 is 54.1. The summed E-state index contributed by atoms with van der Waals surface area (Å²) in [5, 5.41) is 10.2. The number of nitrogens with zero attached hydrogens (tertiary/aromatic N) is 2. The van der Waals surface area contributed by atoms with Crippen molar-refractivity contribution >= 4 is 27.8 Å². The largest absolute Gasteiger partial charge is 0.466 e. The first-order valence-corrected chi connectivity index (χ1v) is 12.6. The first-order chi connectivity index (χ1) is 17.6. The Labute approximate surface area is 222 Å².